The van der Waals surface area contributed by atoms with Crippen molar-refractivity contribution in [3.63, 3.8) is 0 Å². The lowest BCUT2D eigenvalue weighted by atomic mass is 10.1. The molecule has 3 heteroatoms. The van der Waals surface area contributed by atoms with Crippen LogP contribution in [0.5, 0.6) is 5.75 Å². The molecule has 15 heavy (non-hydrogen) atoms. The van der Waals surface area contributed by atoms with E-state index in [0.29, 0.717) is 0 Å². The van der Waals surface area contributed by atoms with Crippen LogP contribution in [-0.2, 0) is 0 Å². The molecule has 0 spiro atoms. The number of thiol groups is 1. The fourth-order valence-corrected chi connectivity index (χ4v) is 1.99. The van der Waals surface area contributed by atoms with Crippen molar-refractivity contribution in [3.8, 4) is 5.75 Å². The van der Waals surface area contributed by atoms with Gasteiger partial charge in [0.15, 0.2) is 0 Å². The summed E-state index contributed by atoms with van der Waals surface area (Å²) in [5.41, 5.74) is 3.74. The van der Waals surface area contributed by atoms with Gasteiger partial charge in [-0.05, 0) is 37.1 Å². The van der Waals surface area contributed by atoms with E-state index in [9.17, 15) is 0 Å². The van der Waals surface area contributed by atoms with E-state index in [4.69, 9.17) is 4.74 Å². The maximum absolute atomic E-state index is 5.29. The molecule has 0 fully saturated rings. The van der Waals surface area contributed by atoms with Gasteiger partial charge in [0, 0.05) is 25.0 Å². The molecule has 0 aliphatic carbocycles. The Morgan fingerprint density at radius 1 is 1.27 bits per heavy atom. The van der Waals surface area contributed by atoms with E-state index in [2.05, 4.69) is 44.5 Å². The van der Waals surface area contributed by atoms with Crippen LogP contribution in [0.15, 0.2) is 12.1 Å². The zero-order chi connectivity index (χ0) is 11.4. The van der Waals surface area contributed by atoms with E-state index in [1.54, 1.807) is 7.11 Å². The second-order valence-corrected chi connectivity index (χ2v) is 4.13. The number of hydrogen-bond acceptors (Lipinski definition) is 3. The van der Waals surface area contributed by atoms with Gasteiger partial charge in [-0.3, -0.25) is 0 Å². The van der Waals surface area contributed by atoms with Crippen LogP contribution in [0.1, 0.15) is 11.1 Å². The summed E-state index contributed by atoms with van der Waals surface area (Å²) in [6, 6.07) is 4.12. The minimum Gasteiger partial charge on any atom is -0.496 e. The van der Waals surface area contributed by atoms with Gasteiger partial charge >= 0.3 is 0 Å². The SMILES string of the molecule is COc1ccc(N(C)CCS)c(C)c1C. The van der Waals surface area contributed by atoms with Crippen LogP contribution in [0.3, 0.4) is 0 Å². The third kappa shape index (κ3) is 2.59. The summed E-state index contributed by atoms with van der Waals surface area (Å²) in [5, 5.41) is 0. The highest BCUT2D eigenvalue weighted by molar-refractivity contribution is 7.80. The Morgan fingerprint density at radius 2 is 1.93 bits per heavy atom. The van der Waals surface area contributed by atoms with Gasteiger partial charge in [0.2, 0.25) is 0 Å². The van der Waals surface area contributed by atoms with Gasteiger partial charge in [-0.1, -0.05) is 0 Å². The quantitative estimate of drug-likeness (QED) is 0.791. The Morgan fingerprint density at radius 3 is 2.47 bits per heavy atom. The first-order valence-corrected chi connectivity index (χ1v) is 5.71. The average molecular weight is 225 g/mol. The maximum Gasteiger partial charge on any atom is 0.122 e. The van der Waals surface area contributed by atoms with Crippen molar-refractivity contribution in [3.05, 3.63) is 23.3 Å². The molecule has 0 unspecified atom stereocenters. The summed E-state index contributed by atoms with van der Waals surface area (Å²) in [6.07, 6.45) is 0. The van der Waals surface area contributed by atoms with Crippen LogP contribution < -0.4 is 9.64 Å². The monoisotopic (exact) mass is 225 g/mol. The maximum atomic E-state index is 5.29. The number of anilines is 1. The first kappa shape index (κ1) is 12.2. The zero-order valence-corrected chi connectivity index (χ0v) is 10.8. The predicted molar refractivity (Wildman–Crippen MR) is 69.6 cm³/mol. The van der Waals surface area contributed by atoms with Gasteiger partial charge in [0.25, 0.3) is 0 Å². The van der Waals surface area contributed by atoms with Crippen molar-refractivity contribution in [1.29, 1.82) is 0 Å². The first-order chi connectivity index (χ1) is 7.11. The van der Waals surface area contributed by atoms with Crippen LogP contribution in [0, 0.1) is 13.8 Å². The fourth-order valence-electron chi connectivity index (χ4n) is 1.69. The largest absolute Gasteiger partial charge is 0.496 e. The van der Waals surface area contributed by atoms with Gasteiger partial charge in [0.05, 0.1) is 7.11 Å². The zero-order valence-electron chi connectivity index (χ0n) is 9.87. The Kier molecular flexibility index (Phi) is 4.33. The van der Waals surface area contributed by atoms with Crippen LogP contribution >= 0.6 is 12.6 Å². The molecule has 0 bridgehead atoms. The number of methoxy groups -OCH3 is 1. The third-order valence-electron chi connectivity index (χ3n) is 2.78. The van der Waals surface area contributed by atoms with Gasteiger partial charge in [0.1, 0.15) is 5.75 Å². The lowest BCUT2D eigenvalue weighted by Gasteiger charge is -2.22. The Labute approximate surface area is 97.6 Å². The normalized spacial score (nSPS) is 10.2. The highest BCUT2D eigenvalue weighted by Crippen LogP contribution is 2.29. The van der Waals surface area contributed by atoms with Gasteiger partial charge in [-0.2, -0.15) is 12.6 Å². The van der Waals surface area contributed by atoms with E-state index >= 15 is 0 Å². The molecule has 1 aromatic carbocycles. The van der Waals surface area contributed by atoms with Crippen LogP contribution in [0.4, 0.5) is 5.69 Å². The van der Waals surface area contributed by atoms with E-state index in [0.717, 1.165) is 18.0 Å². The molecule has 0 amide bonds. The number of nitrogens with zero attached hydrogens (tertiary/aromatic N) is 1. The molecule has 84 valence electrons. The summed E-state index contributed by atoms with van der Waals surface area (Å²) in [7, 11) is 3.79. The summed E-state index contributed by atoms with van der Waals surface area (Å²) >= 11 is 4.24. The van der Waals surface area contributed by atoms with Crippen LogP contribution in [0.25, 0.3) is 0 Å². The molecule has 0 atom stereocenters. The fraction of sp³-hybridized carbons (Fsp3) is 0.500. The smallest absolute Gasteiger partial charge is 0.122 e. The molecule has 2 nitrogen and oxygen atoms in total. The van der Waals surface area contributed by atoms with Gasteiger partial charge in [-0.25, -0.2) is 0 Å². The van der Waals surface area contributed by atoms with Crippen molar-refractivity contribution < 1.29 is 4.74 Å². The molecule has 0 radical (unpaired) electrons. The summed E-state index contributed by atoms with van der Waals surface area (Å²) in [6.45, 7) is 5.17. The minimum atomic E-state index is 0.862. The molecule has 1 rings (SSSR count). The Balaban J connectivity index is 3.06. The average Bonchev–Trinajstić information content (AvgIpc) is 2.22. The Bertz CT molecular complexity index is 339. The standard InChI is InChI=1S/C12H19NOS/c1-9-10(2)12(14-4)6-5-11(9)13(3)7-8-15/h5-6,15H,7-8H2,1-4H3. The molecule has 1 aromatic rings. The molecular weight excluding hydrogens is 206 g/mol. The van der Waals surface area contributed by atoms with Gasteiger partial charge < -0.3 is 9.64 Å². The molecular formula is C12H19NOS. The predicted octanol–water partition coefficient (Wildman–Crippen LogP) is 2.68. The molecule has 0 N–H and O–H groups in total. The van der Waals surface area contributed by atoms with Crippen molar-refractivity contribution in [2.45, 2.75) is 13.8 Å². The summed E-state index contributed by atoms with van der Waals surface area (Å²) < 4.78 is 5.29. The van der Waals surface area contributed by atoms with E-state index < -0.39 is 0 Å². The molecule has 0 aromatic heterocycles. The van der Waals surface area contributed by atoms with Crippen LogP contribution in [0.2, 0.25) is 0 Å². The molecule has 0 aliphatic rings. The van der Waals surface area contributed by atoms with E-state index in [1.807, 2.05) is 6.07 Å². The van der Waals surface area contributed by atoms with Crippen molar-refractivity contribution in [2.24, 2.45) is 0 Å². The summed E-state index contributed by atoms with van der Waals surface area (Å²) in [4.78, 5) is 2.22. The van der Waals surface area contributed by atoms with Crippen molar-refractivity contribution in [1.82, 2.24) is 0 Å². The second-order valence-electron chi connectivity index (χ2n) is 3.68. The lowest BCUT2D eigenvalue weighted by Crippen LogP contribution is -2.20. The van der Waals surface area contributed by atoms with E-state index in [1.165, 1.54) is 16.8 Å². The highest BCUT2D eigenvalue weighted by atomic mass is 32.1. The Hall–Kier alpha value is -0.830. The number of benzene rings is 1. The van der Waals surface area contributed by atoms with E-state index in [-0.39, 0.29) is 0 Å². The topological polar surface area (TPSA) is 12.5 Å². The lowest BCUT2D eigenvalue weighted by molar-refractivity contribution is 0.411. The molecule has 0 aliphatic heterocycles. The molecule has 0 heterocycles. The molecule has 0 saturated carbocycles. The van der Waals surface area contributed by atoms with Crippen LogP contribution in [-0.4, -0.2) is 26.5 Å². The minimum absolute atomic E-state index is 0.862. The first-order valence-electron chi connectivity index (χ1n) is 5.08. The summed E-state index contributed by atoms with van der Waals surface area (Å²) in [5.74, 6) is 1.82. The third-order valence-corrected chi connectivity index (χ3v) is 2.98. The number of hydrogen-bond donors (Lipinski definition) is 1. The van der Waals surface area contributed by atoms with Crippen molar-refractivity contribution >= 4 is 18.3 Å². The number of rotatable bonds is 4. The second kappa shape index (κ2) is 5.31. The highest BCUT2D eigenvalue weighted by Gasteiger charge is 2.09. The van der Waals surface area contributed by atoms with Gasteiger partial charge in [-0.15, -0.1) is 0 Å². The number of ether oxygens (including phenoxy) is 1. The molecule has 0 saturated heterocycles. The van der Waals surface area contributed by atoms with Crippen molar-refractivity contribution in [2.75, 3.05) is 31.4 Å².